The van der Waals surface area contributed by atoms with Crippen LogP contribution in [0.15, 0.2) is 29.3 Å². The standard InChI is InChI=1S/C17H29N5/c1-3-15-5-7-16(8-6-15)20-17(18)19-9-10-22-13-11-21(4-2)12-14-22/h5-8H,3-4,9-14H2,1-2H3,(H3,18,19,20). The fourth-order valence-electron chi connectivity index (χ4n) is 2.65. The molecule has 1 aromatic rings. The molecule has 1 saturated heterocycles. The number of hydrogen-bond acceptors (Lipinski definition) is 3. The van der Waals surface area contributed by atoms with E-state index in [9.17, 15) is 0 Å². The third-order valence-electron chi connectivity index (χ3n) is 4.25. The van der Waals surface area contributed by atoms with Crippen molar-refractivity contribution in [1.29, 1.82) is 0 Å². The van der Waals surface area contributed by atoms with Gasteiger partial charge in [-0.1, -0.05) is 26.0 Å². The van der Waals surface area contributed by atoms with Crippen molar-refractivity contribution in [2.45, 2.75) is 20.3 Å². The van der Waals surface area contributed by atoms with E-state index in [4.69, 9.17) is 5.73 Å². The topological polar surface area (TPSA) is 56.9 Å². The Morgan fingerprint density at radius 2 is 1.73 bits per heavy atom. The predicted octanol–water partition coefficient (Wildman–Crippen LogP) is 1.61. The smallest absolute Gasteiger partial charge is 0.193 e. The number of benzene rings is 1. The Morgan fingerprint density at radius 1 is 1.09 bits per heavy atom. The van der Waals surface area contributed by atoms with Gasteiger partial charge in [-0.25, -0.2) is 0 Å². The van der Waals surface area contributed by atoms with E-state index < -0.39 is 0 Å². The van der Waals surface area contributed by atoms with Crippen LogP contribution < -0.4 is 11.1 Å². The maximum absolute atomic E-state index is 5.95. The Kier molecular flexibility index (Phi) is 6.68. The van der Waals surface area contributed by atoms with Gasteiger partial charge in [0.1, 0.15) is 0 Å². The molecule has 1 aromatic carbocycles. The fourth-order valence-corrected chi connectivity index (χ4v) is 2.65. The van der Waals surface area contributed by atoms with Gasteiger partial charge in [0.15, 0.2) is 5.96 Å². The molecule has 22 heavy (non-hydrogen) atoms. The SMILES string of the molecule is CCc1ccc(NC(N)=NCCN2CCN(CC)CC2)cc1. The van der Waals surface area contributed by atoms with Gasteiger partial charge in [0.05, 0.1) is 6.54 Å². The second kappa shape index (κ2) is 8.76. The summed E-state index contributed by atoms with van der Waals surface area (Å²) in [7, 11) is 0. The van der Waals surface area contributed by atoms with Crippen molar-refractivity contribution in [3.8, 4) is 0 Å². The van der Waals surface area contributed by atoms with Crippen molar-refractivity contribution < 1.29 is 0 Å². The molecule has 0 radical (unpaired) electrons. The first-order chi connectivity index (χ1) is 10.7. The van der Waals surface area contributed by atoms with Gasteiger partial charge < -0.3 is 16.0 Å². The number of nitrogens with zero attached hydrogens (tertiary/aromatic N) is 3. The average Bonchev–Trinajstić information content (AvgIpc) is 2.56. The lowest BCUT2D eigenvalue weighted by molar-refractivity contribution is 0.140. The maximum Gasteiger partial charge on any atom is 0.193 e. The van der Waals surface area contributed by atoms with Gasteiger partial charge in [-0.05, 0) is 30.7 Å². The molecule has 0 bridgehead atoms. The summed E-state index contributed by atoms with van der Waals surface area (Å²) in [4.78, 5) is 9.36. The zero-order valence-corrected chi connectivity index (χ0v) is 13.9. The molecule has 1 aliphatic heterocycles. The van der Waals surface area contributed by atoms with Crippen molar-refractivity contribution in [1.82, 2.24) is 9.80 Å². The molecular weight excluding hydrogens is 274 g/mol. The van der Waals surface area contributed by atoms with E-state index in [-0.39, 0.29) is 0 Å². The predicted molar refractivity (Wildman–Crippen MR) is 94.5 cm³/mol. The zero-order chi connectivity index (χ0) is 15.8. The first-order valence-corrected chi connectivity index (χ1v) is 8.32. The lowest BCUT2D eigenvalue weighted by atomic mass is 10.1. The summed E-state index contributed by atoms with van der Waals surface area (Å²) < 4.78 is 0. The molecule has 5 nitrogen and oxygen atoms in total. The van der Waals surface area contributed by atoms with Crippen molar-refractivity contribution in [3.63, 3.8) is 0 Å². The number of piperazine rings is 1. The Morgan fingerprint density at radius 3 is 2.32 bits per heavy atom. The minimum Gasteiger partial charge on any atom is -0.370 e. The third kappa shape index (κ3) is 5.31. The minimum atomic E-state index is 0.497. The Labute approximate surface area is 134 Å². The molecule has 0 unspecified atom stereocenters. The molecule has 1 heterocycles. The first-order valence-electron chi connectivity index (χ1n) is 8.32. The molecule has 2 rings (SSSR count). The number of aliphatic imine (C=N–C) groups is 1. The van der Waals surface area contributed by atoms with Crippen LogP contribution in [0.1, 0.15) is 19.4 Å². The second-order valence-electron chi connectivity index (χ2n) is 5.72. The Balaban J connectivity index is 1.71. The number of rotatable bonds is 6. The van der Waals surface area contributed by atoms with Gasteiger partial charge in [0.25, 0.3) is 0 Å². The summed E-state index contributed by atoms with van der Waals surface area (Å²) in [5.41, 5.74) is 8.27. The van der Waals surface area contributed by atoms with Gasteiger partial charge in [-0.3, -0.25) is 9.89 Å². The monoisotopic (exact) mass is 303 g/mol. The Bertz CT molecular complexity index is 460. The van der Waals surface area contributed by atoms with E-state index in [1.807, 2.05) is 12.1 Å². The van der Waals surface area contributed by atoms with Crippen molar-refractivity contribution in [2.24, 2.45) is 10.7 Å². The normalized spacial score (nSPS) is 17.6. The molecule has 0 spiro atoms. The van der Waals surface area contributed by atoms with Gasteiger partial charge in [-0.2, -0.15) is 0 Å². The van der Waals surface area contributed by atoms with Crippen LogP contribution in [0.3, 0.4) is 0 Å². The largest absolute Gasteiger partial charge is 0.370 e. The number of nitrogens with one attached hydrogen (secondary N) is 1. The van der Waals surface area contributed by atoms with Crippen molar-refractivity contribution in [3.05, 3.63) is 29.8 Å². The molecule has 122 valence electrons. The second-order valence-corrected chi connectivity index (χ2v) is 5.72. The molecule has 0 atom stereocenters. The van der Waals surface area contributed by atoms with E-state index in [1.54, 1.807) is 0 Å². The quantitative estimate of drug-likeness (QED) is 0.619. The molecule has 3 N–H and O–H groups in total. The molecule has 0 amide bonds. The van der Waals surface area contributed by atoms with Gasteiger partial charge in [-0.15, -0.1) is 0 Å². The average molecular weight is 303 g/mol. The highest BCUT2D eigenvalue weighted by atomic mass is 15.3. The molecule has 0 saturated carbocycles. The van der Waals surface area contributed by atoms with Crippen LogP contribution in [-0.2, 0) is 6.42 Å². The summed E-state index contributed by atoms with van der Waals surface area (Å²) in [6.07, 6.45) is 1.05. The number of nitrogens with two attached hydrogens (primary N) is 1. The maximum atomic E-state index is 5.95. The van der Waals surface area contributed by atoms with Gasteiger partial charge >= 0.3 is 0 Å². The molecule has 0 aromatic heterocycles. The van der Waals surface area contributed by atoms with Crippen LogP contribution in [0.5, 0.6) is 0 Å². The molecular formula is C17H29N5. The molecule has 1 aliphatic rings. The highest BCUT2D eigenvalue weighted by Crippen LogP contribution is 2.09. The highest BCUT2D eigenvalue weighted by molar-refractivity contribution is 5.92. The summed E-state index contributed by atoms with van der Waals surface area (Å²) >= 11 is 0. The molecule has 1 fully saturated rings. The lowest BCUT2D eigenvalue weighted by Gasteiger charge is -2.33. The van der Waals surface area contributed by atoms with E-state index in [1.165, 1.54) is 5.56 Å². The van der Waals surface area contributed by atoms with Crippen molar-refractivity contribution >= 4 is 11.6 Å². The zero-order valence-electron chi connectivity index (χ0n) is 13.9. The third-order valence-corrected chi connectivity index (χ3v) is 4.25. The van der Waals surface area contributed by atoms with Crippen molar-refractivity contribution in [2.75, 3.05) is 51.1 Å². The number of aryl methyl sites for hydroxylation is 1. The number of likely N-dealkylation sites (N-methyl/N-ethyl adjacent to an activating group) is 1. The summed E-state index contributed by atoms with van der Waals surface area (Å²) in [6.45, 7) is 11.9. The van der Waals surface area contributed by atoms with Crippen LogP contribution in [0.2, 0.25) is 0 Å². The van der Waals surface area contributed by atoms with E-state index in [0.717, 1.165) is 57.9 Å². The summed E-state index contributed by atoms with van der Waals surface area (Å²) in [5.74, 6) is 0.497. The van der Waals surface area contributed by atoms with Crippen LogP contribution >= 0.6 is 0 Å². The van der Waals surface area contributed by atoms with Crippen LogP contribution in [0.25, 0.3) is 0 Å². The summed E-state index contributed by atoms with van der Waals surface area (Å²) in [5, 5.41) is 3.15. The van der Waals surface area contributed by atoms with Crippen LogP contribution in [0.4, 0.5) is 5.69 Å². The van der Waals surface area contributed by atoms with E-state index in [0.29, 0.717) is 5.96 Å². The van der Waals surface area contributed by atoms with Crippen LogP contribution in [-0.4, -0.2) is 61.6 Å². The first kappa shape index (κ1) is 16.8. The molecule has 5 heteroatoms. The number of guanidine groups is 1. The number of hydrogen-bond donors (Lipinski definition) is 2. The lowest BCUT2D eigenvalue weighted by Crippen LogP contribution is -2.46. The van der Waals surface area contributed by atoms with E-state index in [2.05, 4.69) is 46.1 Å². The van der Waals surface area contributed by atoms with Gasteiger partial charge in [0, 0.05) is 38.4 Å². The van der Waals surface area contributed by atoms with Gasteiger partial charge in [0.2, 0.25) is 0 Å². The summed E-state index contributed by atoms with van der Waals surface area (Å²) in [6, 6.07) is 8.32. The number of anilines is 1. The van der Waals surface area contributed by atoms with E-state index >= 15 is 0 Å². The fraction of sp³-hybridized carbons (Fsp3) is 0.588. The molecule has 0 aliphatic carbocycles. The van der Waals surface area contributed by atoms with Crippen LogP contribution in [0, 0.1) is 0 Å². The Hall–Kier alpha value is -1.59. The highest BCUT2D eigenvalue weighted by Gasteiger charge is 2.14. The minimum absolute atomic E-state index is 0.497.